The van der Waals surface area contributed by atoms with E-state index < -0.39 is 16.1 Å². The van der Waals surface area contributed by atoms with Crippen LogP contribution in [0.2, 0.25) is 0 Å². The van der Waals surface area contributed by atoms with Gasteiger partial charge in [0, 0.05) is 12.2 Å². The number of carbonyl (C=O) groups excluding carboxylic acids is 1. The first-order chi connectivity index (χ1) is 10.9. The normalized spacial score (nSPS) is 11.0. The average Bonchev–Trinajstić information content (AvgIpc) is 2.55. The van der Waals surface area contributed by atoms with Crippen molar-refractivity contribution in [3.8, 4) is 0 Å². The lowest BCUT2D eigenvalue weighted by molar-refractivity contribution is 0.187. The molecule has 0 unspecified atom stereocenters. The highest BCUT2D eigenvalue weighted by molar-refractivity contribution is 7.89. The molecule has 0 radical (unpaired) electrons. The quantitative estimate of drug-likeness (QED) is 0.880. The van der Waals surface area contributed by atoms with Crippen molar-refractivity contribution in [3.63, 3.8) is 0 Å². The molecule has 0 saturated heterocycles. The maximum absolute atomic E-state index is 12.2. The minimum Gasteiger partial charge on any atom is -0.453 e. The van der Waals surface area contributed by atoms with Gasteiger partial charge in [-0.25, -0.2) is 17.9 Å². The molecule has 23 heavy (non-hydrogen) atoms. The first-order valence-corrected chi connectivity index (χ1v) is 8.39. The number of ether oxygens (including phenoxy) is 1. The predicted octanol–water partition coefficient (Wildman–Crippen LogP) is 2.65. The molecule has 122 valence electrons. The summed E-state index contributed by atoms with van der Waals surface area (Å²) in [6.07, 6.45) is -0.613. The molecule has 0 saturated carbocycles. The van der Waals surface area contributed by atoms with Crippen LogP contribution in [-0.4, -0.2) is 21.6 Å². The van der Waals surface area contributed by atoms with E-state index in [1.165, 1.54) is 31.4 Å². The van der Waals surface area contributed by atoms with E-state index in [0.29, 0.717) is 5.69 Å². The van der Waals surface area contributed by atoms with Crippen LogP contribution in [0, 0.1) is 6.92 Å². The van der Waals surface area contributed by atoms with E-state index in [2.05, 4.69) is 14.8 Å². The van der Waals surface area contributed by atoms with Crippen molar-refractivity contribution in [2.45, 2.75) is 18.4 Å². The van der Waals surface area contributed by atoms with Gasteiger partial charge >= 0.3 is 6.09 Å². The molecule has 0 bridgehead atoms. The predicted molar refractivity (Wildman–Crippen MR) is 87.7 cm³/mol. The van der Waals surface area contributed by atoms with Crippen molar-refractivity contribution >= 4 is 21.8 Å². The van der Waals surface area contributed by atoms with Gasteiger partial charge < -0.3 is 4.74 Å². The first-order valence-electron chi connectivity index (χ1n) is 6.91. The fourth-order valence-corrected chi connectivity index (χ4v) is 2.87. The summed E-state index contributed by atoms with van der Waals surface area (Å²) < 4.78 is 31.5. The van der Waals surface area contributed by atoms with Crippen LogP contribution in [0.1, 0.15) is 11.1 Å². The van der Waals surface area contributed by atoms with Gasteiger partial charge in [-0.1, -0.05) is 29.8 Å². The fraction of sp³-hybridized carbons (Fsp3) is 0.188. The van der Waals surface area contributed by atoms with Crippen LogP contribution >= 0.6 is 0 Å². The molecule has 0 aliphatic heterocycles. The second-order valence-electron chi connectivity index (χ2n) is 4.95. The van der Waals surface area contributed by atoms with E-state index >= 15 is 0 Å². The lowest BCUT2D eigenvalue weighted by Crippen LogP contribution is -2.23. The standard InChI is InChI=1S/C16H18N2O4S/c1-12-3-5-13(6-4-12)11-17-23(20,21)15-9-7-14(8-10-15)18-16(19)22-2/h3-10,17H,11H2,1-2H3,(H,18,19). The van der Waals surface area contributed by atoms with Crippen molar-refractivity contribution < 1.29 is 17.9 Å². The third-order valence-corrected chi connectivity index (χ3v) is 4.60. The molecular formula is C16H18N2O4S. The van der Waals surface area contributed by atoms with Gasteiger partial charge in [0.2, 0.25) is 10.0 Å². The minimum absolute atomic E-state index is 0.125. The van der Waals surface area contributed by atoms with Crippen molar-refractivity contribution in [3.05, 3.63) is 59.7 Å². The summed E-state index contributed by atoms with van der Waals surface area (Å²) in [7, 11) is -2.36. The molecule has 0 aliphatic carbocycles. The Bertz CT molecular complexity index is 769. The summed E-state index contributed by atoms with van der Waals surface area (Å²) in [5, 5.41) is 2.46. The summed E-state index contributed by atoms with van der Waals surface area (Å²) in [5.74, 6) is 0. The number of methoxy groups -OCH3 is 1. The van der Waals surface area contributed by atoms with Crippen LogP contribution in [0.15, 0.2) is 53.4 Å². The number of nitrogens with one attached hydrogen (secondary N) is 2. The number of hydrogen-bond donors (Lipinski definition) is 2. The number of anilines is 1. The monoisotopic (exact) mass is 334 g/mol. The van der Waals surface area contributed by atoms with Crippen molar-refractivity contribution in [2.75, 3.05) is 12.4 Å². The molecular weight excluding hydrogens is 316 g/mol. The molecule has 0 fully saturated rings. The molecule has 0 aliphatic rings. The van der Waals surface area contributed by atoms with Gasteiger partial charge in [-0.15, -0.1) is 0 Å². The Labute approximate surface area is 135 Å². The average molecular weight is 334 g/mol. The van der Waals surface area contributed by atoms with Crippen LogP contribution in [0.3, 0.4) is 0 Å². The van der Waals surface area contributed by atoms with Gasteiger partial charge in [-0.3, -0.25) is 5.32 Å². The van der Waals surface area contributed by atoms with E-state index in [0.717, 1.165) is 11.1 Å². The summed E-state index contributed by atoms with van der Waals surface area (Å²) >= 11 is 0. The maximum Gasteiger partial charge on any atom is 0.411 e. The number of benzene rings is 2. The van der Waals surface area contributed by atoms with E-state index in [4.69, 9.17) is 0 Å². The van der Waals surface area contributed by atoms with Crippen LogP contribution in [0.5, 0.6) is 0 Å². The summed E-state index contributed by atoms with van der Waals surface area (Å²) in [5.41, 5.74) is 2.45. The molecule has 2 aromatic rings. The highest BCUT2D eigenvalue weighted by atomic mass is 32.2. The van der Waals surface area contributed by atoms with Crippen molar-refractivity contribution in [1.82, 2.24) is 4.72 Å². The molecule has 0 heterocycles. The van der Waals surface area contributed by atoms with Crippen molar-refractivity contribution in [2.24, 2.45) is 0 Å². The number of sulfonamides is 1. The van der Waals surface area contributed by atoms with Gasteiger partial charge in [0.15, 0.2) is 0 Å². The van der Waals surface area contributed by atoms with Crippen LogP contribution in [0.4, 0.5) is 10.5 Å². The maximum atomic E-state index is 12.2. The fourth-order valence-electron chi connectivity index (χ4n) is 1.85. The summed E-state index contributed by atoms with van der Waals surface area (Å²) in [4.78, 5) is 11.2. The highest BCUT2D eigenvalue weighted by Gasteiger charge is 2.13. The van der Waals surface area contributed by atoms with E-state index in [-0.39, 0.29) is 11.4 Å². The van der Waals surface area contributed by atoms with E-state index in [1.54, 1.807) is 0 Å². The van der Waals surface area contributed by atoms with Crippen LogP contribution in [0.25, 0.3) is 0 Å². The molecule has 2 N–H and O–H groups in total. The van der Waals surface area contributed by atoms with E-state index in [9.17, 15) is 13.2 Å². The van der Waals surface area contributed by atoms with Gasteiger partial charge in [0.25, 0.3) is 0 Å². The third kappa shape index (κ3) is 4.80. The molecule has 6 nitrogen and oxygen atoms in total. The number of rotatable bonds is 5. The van der Waals surface area contributed by atoms with Crippen LogP contribution in [-0.2, 0) is 21.3 Å². The number of amides is 1. The summed E-state index contributed by atoms with van der Waals surface area (Å²) in [6.45, 7) is 2.18. The molecule has 2 aromatic carbocycles. The molecule has 7 heteroatoms. The van der Waals surface area contributed by atoms with Crippen LogP contribution < -0.4 is 10.0 Å². The minimum atomic E-state index is -3.61. The van der Waals surface area contributed by atoms with Gasteiger partial charge in [0.05, 0.1) is 12.0 Å². The Kier molecular flexibility index (Phi) is 5.36. The Balaban J connectivity index is 2.04. The Morgan fingerprint density at radius 2 is 1.65 bits per heavy atom. The lowest BCUT2D eigenvalue weighted by Gasteiger charge is -2.08. The van der Waals surface area contributed by atoms with Gasteiger partial charge in [0.1, 0.15) is 0 Å². The first kappa shape index (κ1) is 17.0. The lowest BCUT2D eigenvalue weighted by atomic mass is 10.2. The molecule has 0 aromatic heterocycles. The SMILES string of the molecule is COC(=O)Nc1ccc(S(=O)(=O)NCc2ccc(C)cc2)cc1. The number of aryl methyl sites for hydroxylation is 1. The highest BCUT2D eigenvalue weighted by Crippen LogP contribution is 2.15. The molecule has 0 spiro atoms. The molecule has 1 amide bonds. The smallest absolute Gasteiger partial charge is 0.411 e. The second kappa shape index (κ2) is 7.26. The Hall–Kier alpha value is -2.38. The summed E-state index contributed by atoms with van der Waals surface area (Å²) in [6, 6.07) is 13.4. The number of carbonyl (C=O) groups is 1. The largest absolute Gasteiger partial charge is 0.453 e. The Morgan fingerprint density at radius 1 is 1.04 bits per heavy atom. The second-order valence-corrected chi connectivity index (χ2v) is 6.72. The van der Waals surface area contributed by atoms with Gasteiger partial charge in [-0.2, -0.15) is 0 Å². The van der Waals surface area contributed by atoms with E-state index in [1.807, 2.05) is 31.2 Å². The van der Waals surface area contributed by atoms with Crippen molar-refractivity contribution in [1.29, 1.82) is 0 Å². The topological polar surface area (TPSA) is 84.5 Å². The molecule has 2 rings (SSSR count). The zero-order valence-electron chi connectivity index (χ0n) is 12.9. The molecule has 0 atom stereocenters. The zero-order valence-corrected chi connectivity index (χ0v) is 13.7. The zero-order chi connectivity index (χ0) is 16.9. The third-order valence-electron chi connectivity index (χ3n) is 3.18. The number of hydrogen-bond acceptors (Lipinski definition) is 4. The van der Waals surface area contributed by atoms with Gasteiger partial charge in [-0.05, 0) is 36.8 Å². The Morgan fingerprint density at radius 3 is 2.22 bits per heavy atom.